The van der Waals surface area contributed by atoms with Crippen LogP contribution in [-0.4, -0.2) is 11.1 Å². The number of allylic oxidation sites excluding steroid dienone is 2. The predicted molar refractivity (Wildman–Crippen MR) is 80.1 cm³/mol. The summed E-state index contributed by atoms with van der Waals surface area (Å²) < 4.78 is 0. The van der Waals surface area contributed by atoms with Crippen molar-refractivity contribution in [3.8, 4) is 5.75 Å². The lowest BCUT2D eigenvalue weighted by molar-refractivity contribution is 0.400. The van der Waals surface area contributed by atoms with E-state index in [0.717, 1.165) is 11.6 Å². The summed E-state index contributed by atoms with van der Waals surface area (Å²) in [4.78, 5) is 0. The Bertz CT molecular complexity index is 506. The molecule has 0 spiro atoms. The number of fused-ring (bicyclic) bond motifs is 2. The summed E-state index contributed by atoms with van der Waals surface area (Å²) in [5.41, 5.74) is 0.868. The van der Waals surface area contributed by atoms with Crippen molar-refractivity contribution < 1.29 is 5.11 Å². The van der Waals surface area contributed by atoms with Crippen molar-refractivity contribution in [1.29, 1.82) is 0 Å². The fourth-order valence-corrected chi connectivity index (χ4v) is 3.90. The Morgan fingerprint density at radius 3 is 2.42 bits per heavy atom. The fraction of sp³-hybridized carbons (Fsp3) is 0.467. The van der Waals surface area contributed by atoms with E-state index in [1.165, 1.54) is 12.8 Å². The molecule has 1 saturated carbocycles. The molecule has 1 fully saturated rings. The molecule has 102 valence electrons. The maximum Gasteiger partial charge on any atom is 0.152 e. The van der Waals surface area contributed by atoms with Gasteiger partial charge in [0.25, 0.3) is 0 Å². The maximum atomic E-state index is 9.56. The molecule has 0 heterocycles. The fourth-order valence-electron chi connectivity index (χ4n) is 3.42. The van der Waals surface area contributed by atoms with Gasteiger partial charge in [-0.2, -0.15) is 0 Å². The molecule has 3 rings (SSSR count). The first-order chi connectivity index (χ1) is 9.04. The van der Waals surface area contributed by atoms with Gasteiger partial charge in [-0.1, -0.05) is 35.4 Å². The Morgan fingerprint density at radius 2 is 1.89 bits per heavy atom. The zero-order valence-corrected chi connectivity index (χ0v) is 12.2. The van der Waals surface area contributed by atoms with Crippen LogP contribution in [0.25, 0.3) is 0 Å². The van der Waals surface area contributed by atoms with Crippen LogP contribution in [0.4, 0.5) is 5.69 Å². The number of nitrogens with one attached hydrogen (secondary N) is 1. The Kier molecular flexibility index (Phi) is 3.40. The average Bonchev–Trinajstić information content (AvgIpc) is 2.98. The van der Waals surface area contributed by atoms with Gasteiger partial charge in [-0.15, -0.1) is 0 Å². The highest BCUT2D eigenvalue weighted by Gasteiger charge is 2.38. The van der Waals surface area contributed by atoms with Crippen molar-refractivity contribution in [3.63, 3.8) is 0 Å². The third-order valence-electron chi connectivity index (χ3n) is 4.38. The molecule has 0 aliphatic heterocycles. The predicted octanol–water partition coefficient (Wildman–Crippen LogP) is 4.71. The Hall–Kier alpha value is -0.860. The minimum atomic E-state index is -0.0515. The second-order valence-corrected chi connectivity index (χ2v) is 6.48. The first-order valence-electron chi connectivity index (χ1n) is 6.67. The second kappa shape index (κ2) is 4.92. The third-order valence-corrected chi connectivity index (χ3v) is 4.96. The Balaban J connectivity index is 1.73. The van der Waals surface area contributed by atoms with Gasteiger partial charge < -0.3 is 10.4 Å². The van der Waals surface area contributed by atoms with Crippen LogP contribution in [0.5, 0.6) is 5.75 Å². The van der Waals surface area contributed by atoms with Gasteiger partial charge in [0.05, 0.1) is 10.0 Å². The first-order valence-corrected chi connectivity index (χ1v) is 7.43. The lowest BCUT2D eigenvalue weighted by atomic mass is 9.87. The van der Waals surface area contributed by atoms with Gasteiger partial charge in [0, 0.05) is 11.7 Å². The number of anilines is 1. The molecule has 1 aromatic carbocycles. The molecule has 4 unspecified atom stereocenters. The molecule has 2 N–H and O–H groups in total. The van der Waals surface area contributed by atoms with Gasteiger partial charge in [0.1, 0.15) is 0 Å². The number of phenolic OH excluding ortho intramolecular Hbond substituents is 1. The highest BCUT2D eigenvalue weighted by atomic mass is 35.5. The van der Waals surface area contributed by atoms with E-state index < -0.39 is 0 Å². The molecule has 1 aromatic rings. The van der Waals surface area contributed by atoms with E-state index in [0.29, 0.717) is 17.9 Å². The van der Waals surface area contributed by atoms with Crippen LogP contribution in [0, 0.1) is 17.8 Å². The highest BCUT2D eigenvalue weighted by Crippen LogP contribution is 2.45. The average molecular weight is 298 g/mol. The molecule has 2 nitrogen and oxygen atoms in total. The molecule has 0 amide bonds. The summed E-state index contributed by atoms with van der Waals surface area (Å²) in [6.07, 6.45) is 7.26. The summed E-state index contributed by atoms with van der Waals surface area (Å²) in [5.74, 6) is 2.09. The van der Waals surface area contributed by atoms with Crippen LogP contribution in [-0.2, 0) is 0 Å². The van der Waals surface area contributed by atoms with Crippen molar-refractivity contribution in [2.24, 2.45) is 17.8 Å². The molecule has 4 atom stereocenters. The SMILES string of the molecule is CC(Nc1cc(Cl)c(O)c(Cl)c1)C1CC2C=CC1C2. The molecular formula is C15H17Cl2NO. The quantitative estimate of drug-likeness (QED) is 0.625. The number of hydrogen-bond acceptors (Lipinski definition) is 2. The minimum Gasteiger partial charge on any atom is -0.505 e. The van der Waals surface area contributed by atoms with Gasteiger partial charge in [0.2, 0.25) is 0 Å². The number of halogens is 2. The van der Waals surface area contributed by atoms with E-state index in [-0.39, 0.29) is 15.8 Å². The van der Waals surface area contributed by atoms with Crippen molar-refractivity contribution in [2.75, 3.05) is 5.32 Å². The van der Waals surface area contributed by atoms with Crippen LogP contribution in [0.3, 0.4) is 0 Å². The van der Waals surface area contributed by atoms with Gasteiger partial charge >= 0.3 is 0 Å². The smallest absolute Gasteiger partial charge is 0.152 e. The van der Waals surface area contributed by atoms with Crippen molar-refractivity contribution >= 4 is 28.9 Å². The number of aromatic hydroxyl groups is 1. The van der Waals surface area contributed by atoms with E-state index in [2.05, 4.69) is 24.4 Å². The van der Waals surface area contributed by atoms with E-state index in [4.69, 9.17) is 23.2 Å². The van der Waals surface area contributed by atoms with Gasteiger partial charge in [-0.3, -0.25) is 0 Å². The summed E-state index contributed by atoms with van der Waals surface area (Å²) in [7, 11) is 0. The molecule has 2 aliphatic carbocycles. The van der Waals surface area contributed by atoms with Gasteiger partial charge in [-0.05, 0) is 49.7 Å². The summed E-state index contributed by atoms with van der Waals surface area (Å²) >= 11 is 11.9. The van der Waals surface area contributed by atoms with Gasteiger partial charge in [0.15, 0.2) is 5.75 Å². The number of rotatable bonds is 3. The Morgan fingerprint density at radius 1 is 1.21 bits per heavy atom. The van der Waals surface area contributed by atoms with Crippen molar-refractivity contribution in [2.45, 2.75) is 25.8 Å². The number of benzene rings is 1. The zero-order valence-electron chi connectivity index (χ0n) is 10.7. The molecule has 0 saturated heterocycles. The zero-order chi connectivity index (χ0) is 13.6. The lowest BCUT2D eigenvalue weighted by Gasteiger charge is -2.27. The minimum absolute atomic E-state index is 0.0515. The van der Waals surface area contributed by atoms with Crippen molar-refractivity contribution in [3.05, 3.63) is 34.3 Å². The van der Waals surface area contributed by atoms with Crippen LogP contribution >= 0.6 is 23.2 Å². The van der Waals surface area contributed by atoms with Crippen LogP contribution in [0.1, 0.15) is 19.8 Å². The first kappa shape index (κ1) is 13.1. The number of hydrogen-bond donors (Lipinski definition) is 2. The molecule has 19 heavy (non-hydrogen) atoms. The molecule has 2 aliphatic rings. The molecule has 4 heteroatoms. The third kappa shape index (κ3) is 2.44. The summed E-state index contributed by atoms with van der Waals surface area (Å²) in [5, 5.41) is 13.6. The van der Waals surface area contributed by atoms with E-state index in [1.54, 1.807) is 12.1 Å². The summed E-state index contributed by atoms with van der Waals surface area (Å²) in [6, 6.07) is 3.82. The van der Waals surface area contributed by atoms with E-state index in [1.807, 2.05) is 0 Å². The highest BCUT2D eigenvalue weighted by molar-refractivity contribution is 6.37. The monoisotopic (exact) mass is 297 g/mol. The van der Waals surface area contributed by atoms with Gasteiger partial charge in [-0.25, -0.2) is 0 Å². The topological polar surface area (TPSA) is 32.3 Å². The molecular weight excluding hydrogens is 281 g/mol. The molecule has 0 radical (unpaired) electrons. The Labute approximate surface area is 123 Å². The lowest BCUT2D eigenvalue weighted by Crippen LogP contribution is -2.28. The maximum absolute atomic E-state index is 9.56. The molecule has 0 aromatic heterocycles. The second-order valence-electron chi connectivity index (χ2n) is 5.67. The largest absolute Gasteiger partial charge is 0.505 e. The number of phenols is 1. The van der Waals surface area contributed by atoms with Crippen LogP contribution in [0.2, 0.25) is 10.0 Å². The van der Waals surface area contributed by atoms with Crippen molar-refractivity contribution in [1.82, 2.24) is 0 Å². The van der Waals surface area contributed by atoms with Crippen LogP contribution in [0.15, 0.2) is 24.3 Å². The standard InChI is InChI=1S/C15H17Cl2NO/c1-8(12-5-9-2-3-10(12)4-9)18-11-6-13(16)15(19)14(17)7-11/h2-3,6-10,12,18-19H,4-5H2,1H3. The van der Waals surface area contributed by atoms with E-state index in [9.17, 15) is 5.11 Å². The normalized spacial score (nSPS) is 29.7. The summed E-state index contributed by atoms with van der Waals surface area (Å²) in [6.45, 7) is 2.20. The van der Waals surface area contributed by atoms with Crippen LogP contribution < -0.4 is 5.32 Å². The van der Waals surface area contributed by atoms with E-state index >= 15 is 0 Å². The molecule has 2 bridgehead atoms.